The van der Waals surface area contributed by atoms with Crippen molar-refractivity contribution in [3.8, 4) is 11.5 Å². The van der Waals surface area contributed by atoms with Gasteiger partial charge in [0.2, 0.25) is 11.6 Å². The summed E-state index contributed by atoms with van der Waals surface area (Å²) in [6.45, 7) is 0.566. The second-order valence-electron chi connectivity index (χ2n) is 4.27. The Hall–Kier alpha value is -2.54. The Morgan fingerprint density at radius 1 is 1.29 bits per heavy atom. The Balaban J connectivity index is 2.39. The molecule has 1 N–H and O–H groups in total. The van der Waals surface area contributed by atoms with Gasteiger partial charge in [-0.15, -0.1) is 0 Å². The van der Waals surface area contributed by atoms with Crippen molar-refractivity contribution in [2.75, 3.05) is 7.05 Å². The van der Waals surface area contributed by atoms with Gasteiger partial charge in [-0.3, -0.25) is 10.1 Å². The van der Waals surface area contributed by atoms with Crippen LogP contribution in [0.3, 0.4) is 0 Å². The van der Waals surface area contributed by atoms with Crippen molar-refractivity contribution in [1.82, 2.24) is 5.32 Å². The maximum absolute atomic E-state index is 13.5. The number of hydrogen-bond donors (Lipinski definition) is 1. The van der Waals surface area contributed by atoms with Gasteiger partial charge in [0.1, 0.15) is 11.6 Å². The highest BCUT2D eigenvalue weighted by molar-refractivity contribution is 5.50. The predicted octanol–water partition coefficient (Wildman–Crippen LogP) is 3.38. The van der Waals surface area contributed by atoms with E-state index in [1.807, 2.05) is 6.07 Å². The summed E-state index contributed by atoms with van der Waals surface area (Å²) in [5, 5.41) is 13.8. The first-order chi connectivity index (χ1) is 10.0. The van der Waals surface area contributed by atoms with Crippen LogP contribution in [0.4, 0.5) is 14.5 Å². The maximum Gasteiger partial charge on any atom is 0.347 e. The lowest BCUT2D eigenvalue weighted by atomic mass is 10.2. The van der Waals surface area contributed by atoms with E-state index in [1.54, 1.807) is 25.2 Å². The van der Waals surface area contributed by atoms with Crippen LogP contribution in [0.25, 0.3) is 0 Å². The molecule has 0 bridgehead atoms. The average molecular weight is 294 g/mol. The summed E-state index contributed by atoms with van der Waals surface area (Å²) in [5.74, 6) is -2.43. The minimum atomic E-state index is -1.28. The van der Waals surface area contributed by atoms with Gasteiger partial charge in [-0.25, -0.2) is 4.39 Å². The van der Waals surface area contributed by atoms with Crippen molar-refractivity contribution in [3.63, 3.8) is 0 Å². The zero-order valence-corrected chi connectivity index (χ0v) is 11.1. The molecule has 7 heteroatoms. The van der Waals surface area contributed by atoms with Crippen molar-refractivity contribution in [3.05, 3.63) is 63.7 Å². The number of halogens is 2. The van der Waals surface area contributed by atoms with E-state index in [4.69, 9.17) is 4.74 Å². The molecule has 0 spiro atoms. The lowest BCUT2D eigenvalue weighted by Gasteiger charge is -2.08. The molecule has 0 saturated heterocycles. The van der Waals surface area contributed by atoms with Crippen molar-refractivity contribution >= 4 is 5.69 Å². The lowest BCUT2D eigenvalue weighted by molar-refractivity contribution is -0.388. The molecule has 0 aliphatic carbocycles. The first kappa shape index (κ1) is 14.9. The number of hydrogen-bond acceptors (Lipinski definition) is 4. The zero-order chi connectivity index (χ0) is 15.4. The van der Waals surface area contributed by atoms with Crippen LogP contribution < -0.4 is 10.1 Å². The van der Waals surface area contributed by atoms with Crippen LogP contribution in [0.2, 0.25) is 0 Å². The van der Waals surface area contributed by atoms with Crippen LogP contribution in [-0.2, 0) is 6.54 Å². The van der Waals surface area contributed by atoms with E-state index in [0.29, 0.717) is 12.6 Å². The molecule has 0 aromatic heterocycles. The fraction of sp³-hybridized carbons (Fsp3) is 0.143. The number of benzene rings is 2. The molecule has 0 fully saturated rings. The number of rotatable bonds is 5. The van der Waals surface area contributed by atoms with E-state index < -0.39 is 28.0 Å². The molecule has 0 radical (unpaired) electrons. The molecule has 0 amide bonds. The third kappa shape index (κ3) is 3.51. The van der Waals surface area contributed by atoms with Crippen molar-refractivity contribution in [2.24, 2.45) is 0 Å². The lowest BCUT2D eigenvalue weighted by Crippen LogP contribution is -2.04. The van der Waals surface area contributed by atoms with Crippen LogP contribution in [0.1, 0.15) is 5.56 Å². The summed E-state index contributed by atoms with van der Waals surface area (Å²) in [7, 11) is 1.76. The topological polar surface area (TPSA) is 64.4 Å². The Labute approximate surface area is 119 Å². The summed E-state index contributed by atoms with van der Waals surface area (Å²) in [6, 6.07) is 7.91. The summed E-state index contributed by atoms with van der Waals surface area (Å²) in [5.41, 5.74) is -0.0232. The largest absolute Gasteiger partial charge is 0.450 e. The molecular weight excluding hydrogens is 282 g/mol. The fourth-order valence-corrected chi connectivity index (χ4v) is 1.85. The molecule has 0 heterocycles. The van der Waals surface area contributed by atoms with Crippen LogP contribution in [0.15, 0.2) is 36.4 Å². The Bertz CT molecular complexity index is 677. The molecule has 0 unspecified atom stereocenters. The van der Waals surface area contributed by atoms with E-state index >= 15 is 0 Å². The molecule has 2 aromatic carbocycles. The zero-order valence-electron chi connectivity index (χ0n) is 11.1. The van der Waals surface area contributed by atoms with Gasteiger partial charge in [-0.1, -0.05) is 12.1 Å². The maximum atomic E-state index is 13.5. The second-order valence-corrected chi connectivity index (χ2v) is 4.27. The molecule has 0 aliphatic heterocycles. The van der Waals surface area contributed by atoms with Crippen molar-refractivity contribution < 1.29 is 18.4 Å². The smallest absolute Gasteiger partial charge is 0.347 e. The Morgan fingerprint density at radius 2 is 2.05 bits per heavy atom. The van der Waals surface area contributed by atoms with Gasteiger partial charge < -0.3 is 10.1 Å². The van der Waals surface area contributed by atoms with Gasteiger partial charge in [0.25, 0.3) is 0 Å². The van der Waals surface area contributed by atoms with Gasteiger partial charge in [0, 0.05) is 18.7 Å². The third-order valence-corrected chi connectivity index (χ3v) is 2.68. The summed E-state index contributed by atoms with van der Waals surface area (Å²) in [4.78, 5) is 9.92. The highest BCUT2D eigenvalue weighted by atomic mass is 19.1. The molecule has 21 heavy (non-hydrogen) atoms. The Kier molecular flexibility index (Phi) is 4.44. The second kappa shape index (κ2) is 6.27. The van der Waals surface area contributed by atoms with Crippen LogP contribution in [0.5, 0.6) is 11.5 Å². The van der Waals surface area contributed by atoms with E-state index in [1.165, 1.54) is 0 Å². The van der Waals surface area contributed by atoms with Gasteiger partial charge in [0.15, 0.2) is 0 Å². The quantitative estimate of drug-likeness (QED) is 0.678. The van der Waals surface area contributed by atoms with E-state index in [9.17, 15) is 18.9 Å². The number of nitro benzene ring substituents is 1. The monoisotopic (exact) mass is 294 g/mol. The minimum Gasteiger partial charge on any atom is -0.450 e. The highest BCUT2D eigenvalue weighted by Gasteiger charge is 2.24. The SMILES string of the molecule is CNCc1cccc(Oc2cc(F)cc(F)c2[N+](=O)[O-])c1. The normalized spacial score (nSPS) is 10.4. The molecule has 0 atom stereocenters. The van der Waals surface area contributed by atoms with E-state index in [2.05, 4.69) is 5.32 Å². The van der Waals surface area contributed by atoms with Crippen molar-refractivity contribution in [1.29, 1.82) is 0 Å². The molecule has 2 aromatic rings. The van der Waals surface area contributed by atoms with Gasteiger partial charge in [-0.2, -0.15) is 4.39 Å². The number of nitrogens with zero attached hydrogens (tertiary/aromatic N) is 1. The van der Waals surface area contributed by atoms with Crippen LogP contribution in [0, 0.1) is 21.7 Å². The van der Waals surface area contributed by atoms with Gasteiger partial charge in [-0.05, 0) is 24.7 Å². The molecule has 5 nitrogen and oxygen atoms in total. The number of nitro groups is 1. The first-order valence-corrected chi connectivity index (χ1v) is 6.06. The van der Waals surface area contributed by atoms with Gasteiger partial charge in [0.05, 0.1) is 4.92 Å². The average Bonchev–Trinajstić information content (AvgIpc) is 2.38. The van der Waals surface area contributed by atoms with Crippen molar-refractivity contribution in [2.45, 2.75) is 6.54 Å². The first-order valence-electron chi connectivity index (χ1n) is 6.06. The molecule has 2 rings (SSSR count). The summed E-state index contributed by atoms with van der Waals surface area (Å²) in [6.07, 6.45) is 0. The highest BCUT2D eigenvalue weighted by Crippen LogP contribution is 2.34. The minimum absolute atomic E-state index is 0.260. The molecule has 0 saturated carbocycles. The van der Waals surface area contributed by atoms with Gasteiger partial charge >= 0.3 is 5.69 Å². The predicted molar refractivity (Wildman–Crippen MR) is 72.3 cm³/mol. The van der Waals surface area contributed by atoms with Crippen LogP contribution >= 0.6 is 0 Å². The third-order valence-electron chi connectivity index (χ3n) is 2.68. The van der Waals surface area contributed by atoms with E-state index in [0.717, 1.165) is 11.6 Å². The van der Waals surface area contributed by atoms with Crippen LogP contribution in [-0.4, -0.2) is 12.0 Å². The standard InChI is InChI=1S/C14H12F2N2O3/c1-17-8-9-3-2-4-11(5-9)21-13-7-10(15)6-12(16)14(13)18(19)20/h2-7,17H,8H2,1H3. The fourth-order valence-electron chi connectivity index (χ4n) is 1.85. The molecular formula is C14H12F2N2O3. The molecule has 110 valence electrons. The number of nitrogens with one attached hydrogen (secondary N) is 1. The Morgan fingerprint density at radius 3 is 2.71 bits per heavy atom. The summed E-state index contributed by atoms with van der Waals surface area (Å²) >= 11 is 0. The molecule has 0 aliphatic rings. The summed E-state index contributed by atoms with van der Waals surface area (Å²) < 4.78 is 32.0. The van der Waals surface area contributed by atoms with E-state index in [-0.39, 0.29) is 5.75 Å². The number of ether oxygens (including phenoxy) is 1.